The molecule has 2 aromatic carbocycles. The van der Waals surface area contributed by atoms with Crippen molar-refractivity contribution in [3.05, 3.63) is 65.7 Å². The van der Waals surface area contributed by atoms with Gasteiger partial charge in [0.25, 0.3) is 0 Å². The molecular weight excluding hydrogens is 479 g/mol. The molecule has 5 rings (SSSR count). The van der Waals surface area contributed by atoms with E-state index in [0.29, 0.717) is 23.7 Å². The van der Waals surface area contributed by atoms with Crippen LogP contribution in [0.5, 0.6) is 0 Å². The number of fused-ring (bicyclic) bond motifs is 2. The maximum absolute atomic E-state index is 14.0. The molecule has 7 nitrogen and oxygen atoms in total. The SMILES string of the molecule is O=C(O)C(=CCSCCCN1CCOCC1)c1ccc2ncnc(N3CCc4ccc(F)cc43)c2c1. The highest BCUT2D eigenvalue weighted by molar-refractivity contribution is 7.99. The van der Waals surface area contributed by atoms with Crippen molar-refractivity contribution in [3.8, 4) is 0 Å². The number of rotatable bonds is 9. The number of hydrogen-bond donors (Lipinski definition) is 1. The number of carboxylic acid groups (broad SMARTS) is 1. The molecule has 0 atom stereocenters. The fourth-order valence-electron chi connectivity index (χ4n) is 4.77. The summed E-state index contributed by atoms with van der Waals surface area (Å²) in [4.78, 5) is 25.4. The minimum atomic E-state index is -0.963. The highest BCUT2D eigenvalue weighted by atomic mass is 32.2. The van der Waals surface area contributed by atoms with Crippen LogP contribution in [0, 0.1) is 5.82 Å². The van der Waals surface area contributed by atoms with Crippen LogP contribution in [0.2, 0.25) is 0 Å². The van der Waals surface area contributed by atoms with Gasteiger partial charge in [-0.05, 0) is 60.5 Å². The summed E-state index contributed by atoms with van der Waals surface area (Å²) in [6, 6.07) is 10.3. The molecule has 0 saturated carbocycles. The molecule has 1 aromatic heterocycles. The maximum Gasteiger partial charge on any atom is 0.335 e. The second-order valence-electron chi connectivity index (χ2n) is 8.91. The Morgan fingerprint density at radius 1 is 1.14 bits per heavy atom. The van der Waals surface area contributed by atoms with Gasteiger partial charge in [0.15, 0.2) is 0 Å². The molecule has 1 saturated heterocycles. The minimum Gasteiger partial charge on any atom is -0.478 e. The van der Waals surface area contributed by atoms with Gasteiger partial charge < -0.3 is 14.7 Å². The van der Waals surface area contributed by atoms with Gasteiger partial charge in [-0.2, -0.15) is 11.8 Å². The number of ether oxygens (including phenoxy) is 1. The zero-order chi connectivity index (χ0) is 24.9. The number of morpholine rings is 1. The largest absolute Gasteiger partial charge is 0.478 e. The van der Waals surface area contributed by atoms with E-state index in [1.54, 1.807) is 23.9 Å². The molecular formula is C27H29FN4O3S. The second kappa shape index (κ2) is 11.4. The first-order chi connectivity index (χ1) is 17.6. The molecule has 0 unspecified atom stereocenters. The predicted molar refractivity (Wildman–Crippen MR) is 141 cm³/mol. The number of anilines is 2. The molecule has 188 valence electrons. The Kier molecular flexibility index (Phi) is 7.79. The summed E-state index contributed by atoms with van der Waals surface area (Å²) < 4.78 is 19.4. The van der Waals surface area contributed by atoms with E-state index in [9.17, 15) is 14.3 Å². The van der Waals surface area contributed by atoms with Crippen LogP contribution in [-0.2, 0) is 16.0 Å². The van der Waals surface area contributed by atoms with Crippen LogP contribution in [0.15, 0.2) is 48.8 Å². The molecule has 0 radical (unpaired) electrons. The van der Waals surface area contributed by atoms with Crippen LogP contribution >= 0.6 is 11.8 Å². The fourth-order valence-corrected chi connectivity index (χ4v) is 5.55. The van der Waals surface area contributed by atoms with E-state index in [4.69, 9.17) is 4.74 Å². The number of carboxylic acids is 1. The molecule has 0 aliphatic carbocycles. The Balaban J connectivity index is 1.32. The summed E-state index contributed by atoms with van der Waals surface area (Å²) in [5.41, 5.74) is 3.45. The predicted octanol–water partition coefficient (Wildman–Crippen LogP) is 4.39. The lowest BCUT2D eigenvalue weighted by Crippen LogP contribution is -2.36. The average Bonchev–Trinajstić information content (AvgIpc) is 3.31. The summed E-state index contributed by atoms with van der Waals surface area (Å²) in [7, 11) is 0. The maximum atomic E-state index is 14.0. The van der Waals surface area contributed by atoms with Gasteiger partial charge in [-0.15, -0.1) is 0 Å². The van der Waals surface area contributed by atoms with Crippen LogP contribution in [0.1, 0.15) is 17.5 Å². The highest BCUT2D eigenvalue weighted by Crippen LogP contribution is 2.37. The van der Waals surface area contributed by atoms with E-state index in [0.717, 1.165) is 73.6 Å². The number of benzene rings is 2. The van der Waals surface area contributed by atoms with E-state index in [1.165, 1.54) is 18.5 Å². The normalized spacial score (nSPS) is 16.5. The molecule has 36 heavy (non-hydrogen) atoms. The number of carbonyl (C=O) groups is 1. The van der Waals surface area contributed by atoms with Crippen molar-refractivity contribution in [2.75, 3.05) is 55.8 Å². The molecule has 9 heteroatoms. The standard InChI is InChI=1S/C27H29FN4O3S/c28-21-4-2-19-6-9-32(25(19)17-21)26-23-16-20(3-5-24(23)29-18-30-26)22(27(33)34)7-15-36-14-1-8-31-10-12-35-13-11-31/h2-5,7,16-18H,1,6,8-15H2,(H,33,34). The van der Waals surface area contributed by atoms with E-state index < -0.39 is 5.97 Å². The lowest BCUT2D eigenvalue weighted by Gasteiger charge is -2.26. The zero-order valence-corrected chi connectivity index (χ0v) is 20.8. The van der Waals surface area contributed by atoms with E-state index in [1.807, 2.05) is 23.1 Å². The molecule has 0 bridgehead atoms. The van der Waals surface area contributed by atoms with Crippen molar-refractivity contribution in [1.29, 1.82) is 0 Å². The van der Waals surface area contributed by atoms with Crippen molar-refractivity contribution < 1.29 is 19.0 Å². The number of hydrogen-bond acceptors (Lipinski definition) is 7. The van der Waals surface area contributed by atoms with Crippen molar-refractivity contribution >= 4 is 45.7 Å². The fraction of sp³-hybridized carbons (Fsp3) is 0.370. The first-order valence-corrected chi connectivity index (χ1v) is 13.4. The van der Waals surface area contributed by atoms with Gasteiger partial charge in [0.2, 0.25) is 0 Å². The first kappa shape index (κ1) is 24.7. The monoisotopic (exact) mass is 508 g/mol. The van der Waals surface area contributed by atoms with Crippen LogP contribution < -0.4 is 4.90 Å². The Morgan fingerprint density at radius 3 is 2.83 bits per heavy atom. The number of thioether (sulfide) groups is 1. The third-order valence-corrected chi connectivity index (χ3v) is 7.61. The molecule has 3 heterocycles. The molecule has 2 aliphatic heterocycles. The topological polar surface area (TPSA) is 78.8 Å². The van der Waals surface area contributed by atoms with Crippen LogP contribution in [0.25, 0.3) is 16.5 Å². The average molecular weight is 509 g/mol. The lowest BCUT2D eigenvalue weighted by molar-refractivity contribution is -0.130. The highest BCUT2D eigenvalue weighted by Gasteiger charge is 2.24. The summed E-state index contributed by atoms with van der Waals surface area (Å²) in [5, 5.41) is 10.7. The summed E-state index contributed by atoms with van der Waals surface area (Å²) in [6.07, 6.45) is 5.14. The van der Waals surface area contributed by atoms with Crippen molar-refractivity contribution in [3.63, 3.8) is 0 Å². The van der Waals surface area contributed by atoms with Gasteiger partial charge in [-0.1, -0.05) is 18.2 Å². The minimum absolute atomic E-state index is 0.264. The molecule has 1 fully saturated rings. The van der Waals surface area contributed by atoms with Gasteiger partial charge in [0, 0.05) is 36.5 Å². The van der Waals surface area contributed by atoms with Gasteiger partial charge in [-0.3, -0.25) is 4.90 Å². The van der Waals surface area contributed by atoms with Crippen LogP contribution in [0.3, 0.4) is 0 Å². The van der Waals surface area contributed by atoms with E-state index in [-0.39, 0.29) is 11.4 Å². The van der Waals surface area contributed by atoms with Crippen LogP contribution in [0.4, 0.5) is 15.9 Å². The number of aromatic nitrogens is 2. The van der Waals surface area contributed by atoms with Crippen molar-refractivity contribution in [1.82, 2.24) is 14.9 Å². The third-order valence-electron chi connectivity index (χ3n) is 6.63. The lowest BCUT2D eigenvalue weighted by atomic mass is 10.0. The summed E-state index contributed by atoms with van der Waals surface area (Å²) in [6.45, 7) is 5.30. The molecule has 1 N–H and O–H groups in total. The summed E-state index contributed by atoms with van der Waals surface area (Å²) >= 11 is 1.74. The molecule has 0 amide bonds. The first-order valence-electron chi connectivity index (χ1n) is 12.2. The van der Waals surface area contributed by atoms with Gasteiger partial charge in [-0.25, -0.2) is 19.2 Å². The molecule has 3 aromatic rings. The van der Waals surface area contributed by atoms with E-state index in [2.05, 4.69) is 14.9 Å². The van der Waals surface area contributed by atoms with Crippen molar-refractivity contribution in [2.24, 2.45) is 0 Å². The molecule has 2 aliphatic rings. The Morgan fingerprint density at radius 2 is 2.00 bits per heavy atom. The van der Waals surface area contributed by atoms with Crippen LogP contribution in [-0.4, -0.2) is 76.8 Å². The quantitative estimate of drug-likeness (QED) is 0.337. The summed E-state index contributed by atoms with van der Waals surface area (Å²) in [5.74, 6) is 1.00. The zero-order valence-electron chi connectivity index (χ0n) is 20.0. The van der Waals surface area contributed by atoms with Gasteiger partial charge in [0.1, 0.15) is 18.0 Å². The smallest absolute Gasteiger partial charge is 0.335 e. The number of halogens is 1. The van der Waals surface area contributed by atoms with Gasteiger partial charge >= 0.3 is 5.97 Å². The second-order valence-corrected chi connectivity index (χ2v) is 10.1. The van der Waals surface area contributed by atoms with E-state index >= 15 is 0 Å². The Hall–Kier alpha value is -3.01. The Bertz CT molecular complexity index is 1280. The number of nitrogens with zero attached hydrogens (tertiary/aromatic N) is 4. The molecule has 0 spiro atoms. The Labute approximate surface area is 214 Å². The van der Waals surface area contributed by atoms with Gasteiger partial charge in [0.05, 0.1) is 24.3 Å². The third kappa shape index (κ3) is 5.53. The number of aliphatic carboxylic acids is 1. The van der Waals surface area contributed by atoms with Crippen molar-refractivity contribution in [2.45, 2.75) is 12.8 Å².